The van der Waals surface area contributed by atoms with Gasteiger partial charge in [0.15, 0.2) is 5.82 Å². The fourth-order valence-corrected chi connectivity index (χ4v) is 1.56. The topological polar surface area (TPSA) is 69.2 Å². The third-order valence-corrected chi connectivity index (χ3v) is 2.44. The molecule has 0 aliphatic rings. The lowest BCUT2D eigenvalue weighted by atomic mass is 10.2. The molecule has 0 saturated heterocycles. The Morgan fingerprint density at radius 1 is 1.11 bits per heavy atom. The van der Waals surface area contributed by atoms with Crippen molar-refractivity contribution in [3.8, 4) is 23.1 Å². The Kier molecular flexibility index (Phi) is 4.12. The van der Waals surface area contributed by atoms with E-state index in [1.165, 1.54) is 7.11 Å². The summed E-state index contributed by atoms with van der Waals surface area (Å²) in [5.74, 6) is 1.84. The van der Waals surface area contributed by atoms with Gasteiger partial charge in [-0.05, 0) is 31.2 Å². The quantitative estimate of drug-likeness (QED) is 0.886. The van der Waals surface area contributed by atoms with Crippen molar-refractivity contribution in [1.82, 2.24) is 15.0 Å². The molecule has 2 aromatic rings. The Morgan fingerprint density at radius 3 is 2.42 bits per heavy atom. The lowest BCUT2D eigenvalue weighted by molar-refractivity contribution is 0.340. The van der Waals surface area contributed by atoms with Gasteiger partial charge in [0.2, 0.25) is 5.95 Å². The summed E-state index contributed by atoms with van der Waals surface area (Å²) in [6.45, 7) is 2.59. The number of nitrogens with one attached hydrogen (secondary N) is 1. The largest absolute Gasteiger partial charge is 0.494 e. The summed E-state index contributed by atoms with van der Waals surface area (Å²) in [4.78, 5) is 12.6. The van der Waals surface area contributed by atoms with Gasteiger partial charge < -0.3 is 14.8 Å². The van der Waals surface area contributed by atoms with Gasteiger partial charge in [0, 0.05) is 12.6 Å². The van der Waals surface area contributed by atoms with Gasteiger partial charge in [-0.1, -0.05) is 0 Å². The van der Waals surface area contributed by atoms with E-state index in [1.54, 1.807) is 7.05 Å². The highest BCUT2D eigenvalue weighted by atomic mass is 16.5. The van der Waals surface area contributed by atoms with Gasteiger partial charge in [-0.2, -0.15) is 15.0 Å². The van der Waals surface area contributed by atoms with Crippen LogP contribution in [0.2, 0.25) is 0 Å². The molecule has 0 radical (unpaired) electrons. The van der Waals surface area contributed by atoms with Crippen LogP contribution in [0.3, 0.4) is 0 Å². The minimum absolute atomic E-state index is 0.281. The van der Waals surface area contributed by atoms with E-state index in [0.29, 0.717) is 18.4 Å². The molecule has 2 rings (SSSR count). The second-order valence-electron chi connectivity index (χ2n) is 3.68. The van der Waals surface area contributed by atoms with Crippen LogP contribution in [0, 0.1) is 0 Å². The minimum atomic E-state index is 0.281. The molecular formula is C13H16N4O2. The number of rotatable bonds is 5. The molecule has 1 aromatic heterocycles. The summed E-state index contributed by atoms with van der Waals surface area (Å²) in [5.41, 5.74) is 0.876. The minimum Gasteiger partial charge on any atom is -0.494 e. The van der Waals surface area contributed by atoms with E-state index in [4.69, 9.17) is 9.47 Å². The van der Waals surface area contributed by atoms with Crippen molar-refractivity contribution in [2.24, 2.45) is 0 Å². The Labute approximate surface area is 111 Å². The number of methoxy groups -OCH3 is 1. The molecule has 1 aromatic carbocycles. The molecular weight excluding hydrogens is 244 g/mol. The maximum atomic E-state index is 5.40. The lowest BCUT2D eigenvalue weighted by Crippen LogP contribution is -2.03. The number of hydrogen-bond acceptors (Lipinski definition) is 6. The second kappa shape index (κ2) is 5.99. The van der Waals surface area contributed by atoms with E-state index >= 15 is 0 Å². The number of hydrogen-bond donors (Lipinski definition) is 1. The second-order valence-corrected chi connectivity index (χ2v) is 3.68. The molecule has 0 spiro atoms. The van der Waals surface area contributed by atoms with Gasteiger partial charge >= 0.3 is 6.01 Å². The fourth-order valence-electron chi connectivity index (χ4n) is 1.56. The molecule has 0 atom stereocenters. The summed E-state index contributed by atoms with van der Waals surface area (Å²) in [7, 11) is 3.27. The number of anilines is 1. The van der Waals surface area contributed by atoms with Crippen LogP contribution in [-0.2, 0) is 0 Å². The molecule has 0 amide bonds. The molecule has 6 heteroatoms. The average Bonchev–Trinajstić information content (AvgIpc) is 2.47. The van der Waals surface area contributed by atoms with Crippen molar-refractivity contribution in [1.29, 1.82) is 0 Å². The SMILES string of the molecule is CCOc1ccc(-c2nc(NC)nc(OC)n2)cc1. The van der Waals surface area contributed by atoms with Crippen LogP contribution in [-0.4, -0.2) is 35.7 Å². The first-order valence-corrected chi connectivity index (χ1v) is 5.98. The Balaban J connectivity index is 2.34. The zero-order valence-corrected chi connectivity index (χ0v) is 11.2. The first kappa shape index (κ1) is 13.1. The van der Waals surface area contributed by atoms with Crippen LogP contribution in [0.5, 0.6) is 11.8 Å². The third kappa shape index (κ3) is 3.09. The van der Waals surface area contributed by atoms with Crippen molar-refractivity contribution >= 4 is 5.95 Å². The van der Waals surface area contributed by atoms with Gasteiger partial charge in [-0.15, -0.1) is 0 Å². The third-order valence-electron chi connectivity index (χ3n) is 2.44. The number of ether oxygens (including phenoxy) is 2. The Hall–Kier alpha value is -2.37. The summed E-state index contributed by atoms with van der Waals surface area (Å²) < 4.78 is 10.5. The highest BCUT2D eigenvalue weighted by Gasteiger charge is 2.08. The molecule has 1 heterocycles. The molecule has 0 aliphatic heterocycles. The van der Waals surface area contributed by atoms with E-state index < -0.39 is 0 Å². The predicted molar refractivity (Wildman–Crippen MR) is 72.5 cm³/mol. The molecule has 1 N–H and O–H groups in total. The van der Waals surface area contributed by atoms with Crippen LogP contribution >= 0.6 is 0 Å². The lowest BCUT2D eigenvalue weighted by Gasteiger charge is -2.07. The van der Waals surface area contributed by atoms with Crippen LogP contribution < -0.4 is 14.8 Å². The van der Waals surface area contributed by atoms with E-state index in [9.17, 15) is 0 Å². The van der Waals surface area contributed by atoms with Crippen LogP contribution in [0.4, 0.5) is 5.95 Å². The molecule has 0 fully saturated rings. The normalized spacial score (nSPS) is 10.1. The molecule has 100 valence electrons. The van der Waals surface area contributed by atoms with Crippen LogP contribution in [0.1, 0.15) is 6.92 Å². The van der Waals surface area contributed by atoms with Crippen molar-refractivity contribution in [2.75, 3.05) is 26.1 Å². The molecule has 0 aliphatic carbocycles. The van der Waals surface area contributed by atoms with Crippen LogP contribution in [0.25, 0.3) is 11.4 Å². The summed E-state index contributed by atoms with van der Waals surface area (Å²) in [5, 5.41) is 2.88. The van der Waals surface area contributed by atoms with Crippen molar-refractivity contribution in [3.63, 3.8) is 0 Å². The van der Waals surface area contributed by atoms with E-state index in [2.05, 4.69) is 20.3 Å². The zero-order chi connectivity index (χ0) is 13.7. The van der Waals surface area contributed by atoms with Crippen LogP contribution in [0.15, 0.2) is 24.3 Å². The van der Waals surface area contributed by atoms with Gasteiger partial charge in [-0.3, -0.25) is 0 Å². The highest BCUT2D eigenvalue weighted by molar-refractivity contribution is 5.57. The molecule has 0 bridgehead atoms. The molecule has 0 unspecified atom stereocenters. The van der Waals surface area contributed by atoms with Gasteiger partial charge in [-0.25, -0.2) is 0 Å². The smallest absolute Gasteiger partial charge is 0.321 e. The highest BCUT2D eigenvalue weighted by Crippen LogP contribution is 2.21. The summed E-state index contributed by atoms with van der Waals surface area (Å²) >= 11 is 0. The summed E-state index contributed by atoms with van der Waals surface area (Å²) in [6.07, 6.45) is 0. The molecule has 0 saturated carbocycles. The van der Waals surface area contributed by atoms with E-state index in [-0.39, 0.29) is 6.01 Å². The first-order valence-electron chi connectivity index (χ1n) is 5.98. The van der Waals surface area contributed by atoms with Gasteiger partial charge in [0.1, 0.15) is 5.75 Å². The zero-order valence-electron chi connectivity index (χ0n) is 11.2. The van der Waals surface area contributed by atoms with Crippen molar-refractivity contribution in [2.45, 2.75) is 6.92 Å². The van der Waals surface area contributed by atoms with Gasteiger partial charge in [0.05, 0.1) is 13.7 Å². The fraction of sp³-hybridized carbons (Fsp3) is 0.308. The molecule has 6 nitrogen and oxygen atoms in total. The monoisotopic (exact) mass is 260 g/mol. The predicted octanol–water partition coefficient (Wildman–Crippen LogP) is 1.99. The van der Waals surface area contributed by atoms with Crippen molar-refractivity contribution < 1.29 is 9.47 Å². The number of benzene rings is 1. The first-order chi connectivity index (χ1) is 9.26. The Bertz CT molecular complexity index is 521. The van der Waals surface area contributed by atoms with E-state index in [0.717, 1.165) is 11.3 Å². The maximum Gasteiger partial charge on any atom is 0.321 e. The number of nitrogens with zero attached hydrogens (tertiary/aromatic N) is 3. The van der Waals surface area contributed by atoms with E-state index in [1.807, 2.05) is 31.2 Å². The maximum absolute atomic E-state index is 5.40. The molecule has 19 heavy (non-hydrogen) atoms. The van der Waals surface area contributed by atoms with Gasteiger partial charge in [0.25, 0.3) is 0 Å². The number of aromatic nitrogens is 3. The van der Waals surface area contributed by atoms with Crippen molar-refractivity contribution in [3.05, 3.63) is 24.3 Å². The summed E-state index contributed by atoms with van der Waals surface area (Å²) in [6, 6.07) is 7.85. The Morgan fingerprint density at radius 2 is 1.84 bits per heavy atom. The average molecular weight is 260 g/mol. The standard InChI is InChI=1S/C13H16N4O2/c1-4-19-10-7-5-9(6-8-10)11-15-12(14-2)17-13(16-11)18-3/h5-8H,4H2,1-3H3,(H,14,15,16,17).